The normalized spacial score (nSPS) is 12.4. The summed E-state index contributed by atoms with van der Waals surface area (Å²) in [6.45, 7) is 2.14. The fourth-order valence-corrected chi connectivity index (χ4v) is 3.41. The van der Waals surface area contributed by atoms with Crippen LogP contribution in [-0.2, 0) is 16.0 Å². The van der Waals surface area contributed by atoms with Crippen molar-refractivity contribution in [3.8, 4) is 11.3 Å². The Bertz CT molecular complexity index is 1150. The van der Waals surface area contributed by atoms with Crippen molar-refractivity contribution in [3.63, 3.8) is 0 Å². The summed E-state index contributed by atoms with van der Waals surface area (Å²) in [5.74, 6) is -2.56. The van der Waals surface area contributed by atoms with E-state index >= 15 is 0 Å². The summed E-state index contributed by atoms with van der Waals surface area (Å²) in [7, 11) is 0. The standard InChI is InChI=1S/C26H27N3O6/c1-2-3-15-35-26(34)23(30)22(16-17-9-5-4-6-10-17)27-24(31)21-14-13-20(28-29-21)18-11-7-8-12-19(18)25(32)33/h4-14,22-23,30H,2-3,15-16H2,1H3,(H,27,31)(H,32,33)/t22-,23-/m1/s1. The Balaban J connectivity index is 1.77. The monoisotopic (exact) mass is 477 g/mol. The molecule has 0 aliphatic heterocycles. The summed E-state index contributed by atoms with van der Waals surface area (Å²) in [6.07, 6.45) is 0.111. The molecule has 0 saturated heterocycles. The first kappa shape index (κ1) is 25.5. The predicted octanol–water partition coefficient (Wildman–Crippen LogP) is 2.89. The number of carboxylic acids is 1. The van der Waals surface area contributed by atoms with E-state index in [1.54, 1.807) is 18.2 Å². The van der Waals surface area contributed by atoms with Gasteiger partial charge in [0.1, 0.15) is 0 Å². The van der Waals surface area contributed by atoms with Gasteiger partial charge in [-0.2, -0.15) is 0 Å². The molecule has 2 atom stereocenters. The Labute approximate surface area is 202 Å². The average molecular weight is 478 g/mol. The quantitative estimate of drug-likeness (QED) is 0.283. The third kappa shape index (κ3) is 6.94. The van der Waals surface area contributed by atoms with E-state index in [4.69, 9.17) is 4.74 Å². The molecular formula is C26H27N3O6. The van der Waals surface area contributed by atoms with Gasteiger partial charge in [-0.05, 0) is 36.6 Å². The third-order valence-corrected chi connectivity index (χ3v) is 5.31. The Hall–Kier alpha value is -4.11. The smallest absolute Gasteiger partial charge is 0.337 e. The minimum Gasteiger partial charge on any atom is -0.478 e. The lowest BCUT2D eigenvalue weighted by Gasteiger charge is -2.23. The molecule has 9 heteroatoms. The molecule has 1 heterocycles. The lowest BCUT2D eigenvalue weighted by molar-refractivity contribution is -0.155. The van der Waals surface area contributed by atoms with E-state index in [0.29, 0.717) is 17.7 Å². The third-order valence-electron chi connectivity index (χ3n) is 5.31. The van der Waals surface area contributed by atoms with Crippen molar-refractivity contribution in [3.05, 3.63) is 83.6 Å². The lowest BCUT2D eigenvalue weighted by Crippen LogP contribution is -2.49. The molecule has 3 N–H and O–H groups in total. The van der Waals surface area contributed by atoms with Crippen LogP contribution in [0, 0.1) is 0 Å². The summed E-state index contributed by atoms with van der Waals surface area (Å²) >= 11 is 0. The van der Waals surface area contributed by atoms with Crippen LogP contribution in [0.3, 0.4) is 0 Å². The van der Waals surface area contributed by atoms with E-state index in [9.17, 15) is 24.6 Å². The number of nitrogens with zero attached hydrogens (tertiary/aromatic N) is 2. The van der Waals surface area contributed by atoms with E-state index in [-0.39, 0.29) is 24.3 Å². The van der Waals surface area contributed by atoms with Crippen LogP contribution in [0.5, 0.6) is 0 Å². The number of amides is 1. The number of ether oxygens (including phenoxy) is 1. The zero-order valence-corrected chi connectivity index (χ0v) is 19.3. The Morgan fingerprint density at radius 1 is 0.971 bits per heavy atom. The average Bonchev–Trinajstić information content (AvgIpc) is 2.88. The Morgan fingerprint density at radius 2 is 1.69 bits per heavy atom. The highest BCUT2D eigenvalue weighted by molar-refractivity contribution is 5.96. The van der Waals surface area contributed by atoms with E-state index in [0.717, 1.165) is 12.0 Å². The fourth-order valence-electron chi connectivity index (χ4n) is 3.41. The Kier molecular flexibility index (Phi) is 9.02. The number of hydrogen-bond donors (Lipinski definition) is 3. The van der Waals surface area contributed by atoms with Gasteiger partial charge >= 0.3 is 11.9 Å². The molecule has 0 aliphatic rings. The second kappa shape index (κ2) is 12.4. The number of aliphatic hydroxyl groups is 1. The number of rotatable bonds is 11. The summed E-state index contributed by atoms with van der Waals surface area (Å²) in [5, 5.41) is 30.6. The molecule has 0 radical (unpaired) electrons. The van der Waals surface area contributed by atoms with Crippen LogP contribution in [0.2, 0.25) is 0 Å². The maximum Gasteiger partial charge on any atom is 0.337 e. The first-order valence-corrected chi connectivity index (χ1v) is 11.3. The van der Waals surface area contributed by atoms with Gasteiger partial charge in [0.15, 0.2) is 11.8 Å². The molecule has 2 aromatic carbocycles. The predicted molar refractivity (Wildman–Crippen MR) is 128 cm³/mol. The Morgan fingerprint density at radius 3 is 2.34 bits per heavy atom. The maximum absolute atomic E-state index is 12.9. The maximum atomic E-state index is 12.9. The van der Waals surface area contributed by atoms with Gasteiger partial charge in [0.05, 0.1) is 23.9 Å². The van der Waals surface area contributed by atoms with Gasteiger partial charge in [0.2, 0.25) is 0 Å². The second-order valence-electron chi connectivity index (χ2n) is 7.89. The van der Waals surface area contributed by atoms with Gasteiger partial charge in [0.25, 0.3) is 5.91 Å². The number of aromatic nitrogens is 2. The molecule has 35 heavy (non-hydrogen) atoms. The van der Waals surface area contributed by atoms with Crippen LogP contribution in [0.15, 0.2) is 66.7 Å². The summed E-state index contributed by atoms with van der Waals surface area (Å²) in [5.41, 5.74) is 1.48. The van der Waals surface area contributed by atoms with Crippen LogP contribution >= 0.6 is 0 Å². The lowest BCUT2D eigenvalue weighted by atomic mass is 10.0. The van der Waals surface area contributed by atoms with Crippen LogP contribution in [0.25, 0.3) is 11.3 Å². The van der Waals surface area contributed by atoms with Crippen molar-refractivity contribution in [1.82, 2.24) is 15.5 Å². The van der Waals surface area contributed by atoms with Crippen LogP contribution in [0.4, 0.5) is 0 Å². The molecule has 0 bridgehead atoms. The summed E-state index contributed by atoms with van der Waals surface area (Å²) in [6, 6.07) is 17.4. The van der Waals surface area contributed by atoms with Gasteiger partial charge in [-0.25, -0.2) is 9.59 Å². The van der Waals surface area contributed by atoms with Gasteiger partial charge in [-0.15, -0.1) is 10.2 Å². The molecule has 1 amide bonds. The van der Waals surface area contributed by atoms with E-state index in [1.165, 1.54) is 18.2 Å². The molecule has 0 saturated carbocycles. The molecule has 182 valence electrons. The van der Waals surface area contributed by atoms with Crippen molar-refractivity contribution in [2.45, 2.75) is 38.3 Å². The minimum atomic E-state index is -1.58. The first-order chi connectivity index (χ1) is 16.9. The number of carbonyl (C=O) groups excluding carboxylic acids is 2. The van der Waals surface area contributed by atoms with Gasteiger partial charge < -0.3 is 20.3 Å². The largest absolute Gasteiger partial charge is 0.478 e. The SMILES string of the molecule is CCCCOC(=O)[C@H](O)[C@@H](Cc1ccccc1)NC(=O)c1ccc(-c2ccccc2C(=O)O)nn1. The molecule has 0 unspecified atom stereocenters. The highest BCUT2D eigenvalue weighted by Crippen LogP contribution is 2.21. The van der Waals surface area contributed by atoms with Gasteiger partial charge in [-0.1, -0.05) is 61.9 Å². The first-order valence-electron chi connectivity index (χ1n) is 11.3. The molecule has 0 fully saturated rings. The van der Waals surface area contributed by atoms with Crippen LogP contribution < -0.4 is 5.32 Å². The second-order valence-corrected chi connectivity index (χ2v) is 7.89. The van der Waals surface area contributed by atoms with Gasteiger partial charge in [0, 0.05) is 5.56 Å². The number of hydrogen-bond acceptors (Lipinski definition) is 7. The number of carboxylic acid groups (broad SMARTS) is 1. The highest BCUT2D eigenvalue weighted by Gasteiger charge is 2.30. The molecule has 1 aromatic heterocycles. The summed E-state index contributed by atoms with van der Waals surface area (Å²) < 4.78 is 5.13. The van der Waals surface area contributed by atoms with Crippen LogP contribution in [-0.4, -0.2) is 57.0 Å². The zero-order chi connectivity index (χ0) is 25.2. The van der Waals surface area contributed by atoms with E-state index in [2.05, 4.69) is 15.5 Å². The van der Waals surface area contributed by atoms with E-state index in [1.807, 2.05) is 37.3 Å². The van der Waals surface area contributed by atoms with Gasteiger partial charge in [-0.3, -0.25) is 4.79 Å². The molecule has 9 nitrogen and oxygen atoms in total. The highest BCUT2D eigenvalue weighted by atomic mass is 16.5. The zero-order valence-electron chi connectivity index (χ0n) is 19.3. The number of aliphatic hydroxyl groups excluding tert-OH is 1. The van der Waals surface area contributed by atoms with Crippen molar-refractivity contribution in [2.75, 3.05) is 6.61 Å². The molecule has 3 aromatic rings. The van der Waals surface area contributed by atoms with Crippen molar-refractivity contribution < 1.29 is 29.3 Å². The van der Waals surface area contributed by atoms with Crippen molar-refractivity contribution in [1.29, 1.82) is 0 Å². The number of nitrogens with one attached hydrogen (secondary N) is 1. The molecule has 3 rings (SSSR count). The van der Waals surface area contributed by atoms with E-state index < -0.39 is 30.0 Å². The number of benzene rings is 2. The van der Waals surface area contributed by atoms with Crippen molar-refractivity contribution >= 4 is 17.8 Å². The topological polar surface area (TPSA) is 139 Å². The number of unbranched alkanes of at least 4 members (excludes halogenated alkanes) is 1. The molecule has 0 spiro atoms. The number of carbonyl (C=O) groups is 3. The molecule has 0 aliphatic carbocycles. The molecular weight excluding hydrogens is 450 g/mol. The summed E-state index contributed by atoms with van der Waals surface area (Å²) in [4.78, 5) is 36.7. The fraction of sp³-hybridized carbons (Fsp3) is 0.269. The number of esters is 1. The van der Waals surface area contributed by atoms with Crippen LogP contribution in [0.1, 0.15) is 46.2 Å². The number of aromatic carboxylic acids is 1. The minimum absolute atomic E-state index is 0.0498. The van der Waals surface area contributed by atoms with Crippen molar-refractivity contribution in [2.24, 2.45) is 0 Å².